The number of aromatic nitrogens is 3. The van der Waals surface area contributed by atoms with E-state index in [4.69, 9.17) is 21.1 Å². The Bertz CT molecular complexity index is 1430. The fourth-order valence-electron chi connectivity index (χ4n) is 3.26. The van der Waals surface area contributed by atoms with Crippen molar-refractivity contribution in [1.29, 1.82) is 4.78 Å². The first kappa shape index (κ1) is 23.6. The summed E-state index contributed by atoms with van der Waals surface area (Å²) >= 11 is 6.03. The van der Waals surface area contributed by atoms with Crippen molar-refractivity contribution >= 4 is 33.0 Å². The van der Waals surface area contributed by atoms with Crippen LogP contribution in [0.3, 0.4) is 0 Å². The molecule has 1 heterocycles. The minimum Gasteiger partial charge on any atom is -0.488 e. The second kappa shape index (κ2) is 10.1. The molecule has 0 bridgehead atoms. The molecule has 0 saturated carbocycles. The van der Waals surface area contributed by atoms with Crippen LogP contribution in [0.5, 0.6) is 5.75 Å². The van der Waals surface area contributed by atoms with Crippen molar-refractivity contribution in [2.24, 2.45) is 0 Å². The average Bonchev–Trinajstić information content (AvgIpc) is 2.77. The molecule has 7 nitrogen and oxygen atoms in total. The Balaban J connectivity index is 1.57. The van der Waals surface area contributed by atoms with Gasteiger partial charge in [-0.2, -0.15) is 4.98 Å². The van der Waals surface area contributed by atoms with Gasteiger partial charge in [0.25, 0.3) is 0 Å². The molecule has 0 aliphatic rings. The molecule has 0 amide bonds. The lowest BCUT2D eigenvalue weighted by Gasteiger charge is -2.12. The van der Waals surface area contributed by atoms with E-state index in [1.807, 2.05) is 24.3 Å². The first-order valence-corrected chi connectivity index (χ1v) is 12.7. The van der Waals surface area contributed by atoms with E-state index in [0.717, 1.165) is 11.1 Å². The standard InChI is InChI=1S/C24H21ClFN5O2S/c1-34(27,32)14-17-5-3-7-20(11-17)30-24-29-15-28-23(31-24)21-9-8-19(26)12-22(21)33-13-16-4-2-6-18(25)10-16/h2-12,15,27H,13-14H2,1H3,(H,28,29,30,31). The molecular formula is C24H21ClFN5O2S. The molecule has 0 spiro atoms. The summed E-state index contributed by atoms with van der Waals surface area (Å²) in [6.45, 7) is 0.191. The molecule has 0 aliphatic carbocycles. The van der Waals surface area contributed by atoms with Gasteiger partial charge in [0.15, 0.2) is 5.82 Å². The number of nitrogens with one attached hydrogen (secondary N) is 2. The largest absolute Gasteiger partial charge is 0.488 e. The third-order valence-corrected chi connectivity index (χ3v) is 5.78. The van der Waals surface area contributed by atoms with Crippen LogP contribution in [-0.4, -0.2) is 25.4 Å². The van der Waals surface area contributed by atoms with E-state index < -0.39 is 15.5 Å². The van der Waals surface area contributed by atoms with Crippen molar-refractivity contribution in [2.45, 2.75) is 12.4 Å². The van der Waals surface area contributed by atoms with Crippen molar-refractivity contribution in [3.8, 4) is 17.1 Å². The summed E-state index contributed by atoms with van der Waals surface area (Å²) in [5.74, 6) is 0.560. The minimum atomic E-state index is -2.67. The smallest absolute Gasteiger partial charge is 0.230 e. The van der Waals surface area contributed by atoms with Gasteiger partial charge in [0.1, 0.15) is 24.5 Å². The third-order valence-electron chi connectivity index (χ3n) is 4.66. The first-order chi connectivity index (χ1) is 16.2. The van der Waals surface area contributed by atoms with Crippen LogP contribution >= 0.6 is 11.6 Å². The van der Waals surface area contributed by atoms with Gasteiger partial charge >= 0.3 is 0 Å². The maximum absolute atomic E-state index is 14.0. The summed E-state index contributed by atoms with van der Waals surface area (Å²) in [6, 6.07) is 18.6. The van der Waals surface area contributed by atoms with Gasteiger partial charge in [-0.15, -0.1) is 0 Å². The van der Waals surface area contributed by atoms with Gasteiger partial charge in [0, 0.05) is 32.8 Å². The number of hydrogen-bond donors (Lipinski definition) is 2. The Labute approximate surface area is 202 Å². The van der Waals surface area contributed by atoms with Crippen LogP contribution in [0, 0.1) is 10.6 Å². The quantitative estimate of drug-likeness (QED) is 0.317. The SMILES string of the molecule is CS(=N)(=O)Cc1cccc(Nc2ncnc(-c3ccc(F)cc3OCc3cccc(Cl)c3)n2)c1. The summed E-state index contributed by atoms with van der Waals surface area (Å²) in [5.41, 5.74) is 2.78. The molecule has 4 rings (SSSR count). The van der Waals surface area contributed by atoms with E-state index in [0.29, 0.717) is 22.1 Å². The first-order valence-electron chi connectivity index (χ1n) is 10.2. The zero-order valence-electron chi connectivity index (χ0n) is 18.2. The maximum Gasteiger partial charge on any atom is 0.230 e. The van der Waals surface area contributed by atoms with Gasteiger partial charge in [0.05, 0.1) is 11.3 Å². The second-order valence-electron chi connectivity index (χ2n) is 7.67. The van der Waals surface area contributed by atoms with Crippen molar-refractivity contribution in [1.82, 2.24) is 15.0 Å². The van der Waals surface area contributed by atoms with Crippen LogP contribution in [0.15, 0.2) is 73.1 Å². The van der Waals surface area contributed by atoms with Crippen molar-refractivity contribution in [3.05, 3.63) is 95.0 Å². The number of rotatable bonds is 8. The zero-order chi connectivity index (χ0) is 24.1. The molecule has 3 aromatic carbocycles. The van der Waals surface area contributed by atoms with Crippen molar-refractivity contribution in [3.63, 3.8) is 0 Å². The monoisotopic (exact) mass is 497 g/mol. The molecule has 2 N–H and O–H groups in total. The summed E-state index contributed by atoms with van der Waals surface area (Å²) in [4.78, 5) is 12.8. The molecule has 0 radical (unpaired) electrons. The molecule has 10 heteroatoms. The summed E-state index contributed by atoms with van der Waals surface area (Å²) < 4.78 is 39.3. The number of halogens is 2. The van der Waals surface area contributed by atoms with Crippen LogP contribution in [0.1, 0.15) is 11.1 Å². The van der Waals surface area contributed by atoms with Gasteiger partial charge in [-0.3, -0.25) is 4.78 Å². The predicted octanol–water partition coefficient (Wildman–Crippen LogP) is 5.83. The zero-order valence-corrected chi connectivity index (χ0v) is 19.7. The van der Waals surface area contributed by atoms with Gasteiger partial charge in [-0.25, -0.2) is 18.6 Å². The van der Waals surface area contributed by atoms with Crippen LogP contribution in [0.4, 0.5) is 16.0 Å². The molecule has 1 atom stereocenters. The normalized spacial score (nSPS) is 12.7. The molecular weight excluding hydrogens is 477 g/mol. The summed E-state index contributed by atoms with van der Waals surface area (Å²) in [5, 5.41) is 3.67. The lowest BCUT2D eigenvalue weighted by atomic mass is 10.1. The summed E-state index contributed by atoms with van der Waals surface area (Å²) in [6.07, 6.45) is 2.75. The highest BCUT2D eigenvalue weighted by atomic mass is 35.5. The Kier molecular flexibility index (Phi) is 7.04. The highest BCUT2D eigenvalue weighted by Gasteiger charge is 2.13. The number of benzene rings is 3. The highest BCUT2D eigenvalue weighted by molar-refractivity contribution is 7.90. The summed E-state index contributed by atoms with van der Waals surface area (Å²) in [7, 11) is -2.67. The van der Waals surface area contributed by atoms with E-state index in [1.165, 1.54) is 24.7 Å². The van der Waals surface area contributed by atoms with Gasteiger partial charge in [0.2, 0.25) is 5.95 Å². The predicted molar refractivity (Wildman–Crippen MR) is 131 cm³/mol. The molecule has 1 aromatic heterocycles. The average molecular weight is 498 g/mol. The third kappa shape index (κ3) is 6.49. The molecule has 4 aromatic rings. The number of anilines is 2. The number of hydrogen-bond acceptors (Lipinski definition) is 7. The lowest BCUT2D eigenvalue weighted by Crippen LogP contribution is -2.03. The minimum absolute atomic E-state index is 0.147. The Hall–Kier alpha value is -3.56. The van der Waals surface area contributed by atoms with E-state index in [9.17, 15) is 8.60 Å². The molecule has 0 saturated heterocycles. The fourth-order valence-corrected chi connectivity index (χ4v) is 4.29. The number of nitrogens with zero attached hydrogens (tertiary/aromatic N) is 3. The molecule has 1 unspecified atom stereocenters. The van der Waals surface area contributed by atoms with Gasteiger partial charge in [-0.1, -0.05) is 35.9 Å². The van der Waals surface area contributed by atoms with Crippen LogP contribution in [0.25, 0.3) is 11.4 Å². The maximum atomic E-state index is 14.0. The Morgan fingerprint density at radius 1 is 1.06 bits per heavy atom. The fraction of sp³-hybridized carbons (Fsp3) is 0.125. The van der Waals surface area contributed by atoms with Crippen LogP contribution in [0.2, 0.25) is 5.02 Å². The Morgan fingerprint density at radius 2 is 1.85 bits per heavy atom. The molecule has 34 heavy (non-hydrogen) atoms. The molecule has 0 aliphatic heterocycles. The van der Waals surface area contributed by atoms with Crippen molar-refractivity contribution < 1.29 is 13.3 Å². The van der Waals surface area contributed by atoms with E-state index >= 15 is 0 Å². The topological polar surface area (TPSA) is 101 Å². The van der Waals surface area contributed by atoms with E-state index in [1.54, 1.807) is 30.3 Å². The van der Waals surface area contributed by atoms with Crippen LogP contribution in [-0.2, 0) is 22.1 Å². The lowest BCUT2D eigenvalue weighted by molar-refractivity contribution is 0.306. The second-order valence-corrected chi connectivity index (χ2v) is 10.4. The van der Waals surface area contributed by atoms with E-state index in [2.05, 4.69) is 20.3 Å². The van der Waals surface area contributed by atoms with Gasteiger partial charge < -0.3 is 10.1 Å². The number of ether oxygens (including phenoxy) is 1. The van der Waals surface area contributed by atoms with Crippen molar-refractivity contribution in [2.75, 3.05) is 11.6 Å². The highest BCUT2D eigenvalue weighted by Crippen LogP contribution is 2.30. The molecule has 0 fully saturated rings. The van der Waals surface area contributed by atoms with Crippen LogP contribution < -0.4 is 10.1 Å². The van der Waals surface area contributed by atoms with E-state index in [-0.39, 0.29) is 24.1 Å². The van der Waals surface area contributed by atoms with Gasteiger partial charge in [-0.05, 0) is 47.5 Å². The molecule has 174 valence electrons. The Morgan fingerprint density at radius 3 is 2.65 bits per heavy atom.